The lowest BCUT2D eigenvalue weighted by Crippen LogP contribution is -2.10. The fourth-order valence-electron chi connectivity index (χ4n) is 1.82. The molecule has 4 heteroatoms. The minimum atomic E-state index is 0.178. The van der Waals surface area contributed by atoms with Gasteiger partial charge in [0, 0.05) is 30.2 Å². The van der Waals surface area contributed by atoms with E-state index < -0.39 is 0 Å². The normalized spacial score (nSPS) is 10.4. The van der Waals surface area contributed by atoms with E-state index in [2.05, 4.69) is 4.98 Å². The molecule has 0 saturated heterocycles. The van der Waals surface area contributed by atoms with Crippen LogP contribution in [-0.4, -0.2) is 24.4 Å². The molecular formula is C13H20N2O2. The summed E-state index contributed by atoms with van der Waals surface area (Å²) in [5, 5.41) is 0. The van der Waals surface area contributed by atoms with Crippen LogP contribution in [0.5, 0.6) is 5.75 Å². The molecule has 0 atom stereocenters. The smallest absolute Gasteiger partial charge is 0.138 e. The SMILES string of the molecule is COc1c(C)cnc(CC(=O)CCCN)c1C. The maximum Gasteiger partial charge on any atom is 0.138 e. The summed E-state index contributed by atoms with van der Waals surface area (Å²) in [6.07, 6.45) is 3.37. The van der Waals surface area contributed by atoms with Crippen LogP contribution >= 0.6 is 0 Å². The van der Waals surface area contributed by atoms with Gasteiger partial charge in [-0.3, -0.25) is 9.78 Å². The molecule has 0 spiro atoms. The van der Waals surface area contributed by atoms with Crippen molar-refractivity contribution in [3.05, 3.63) is 23.0 Å². The van der Waals surface area contributed by atoms with E-state index in [4.69, 9.17) is 10.5 Å². The molecule has 0 aliphatic rings. The third-order valence-corrected chi connectivity index (χ3v) is 2.77. The van der Waals surface area contributed by atoms with Crippen LogP contribution in [0.15, 0.2) is 6.20 Å². The van der Waals surface area contributed by atoms with Crippen molar-refractivity contribution in [2.24, 2.45) is 5.73 Å². The summed E-state index contributed by atoms with van der Waals surface area (Å²) < 4.78 is 5.31. The summed E-state index contributed by atoms with van der Waals surface area (Å²) in [5.41, 5.74) is 8.12. The molecule has 94 valence electrons. The molecule has 0 fully saturated rings. The van der Waals surface area contributed by atoms with E-state index in [1.807, 2.05) is 13.8 Å². The summed E-state index contributed by atoms with van der Waals surface area (Å²) in [5.74, 6) is 0.999. The Morgan fingerprint density at radius 3 is 2.76 bits per heavy atom. The molecule has 0 unspecified atom stereocenters. The molecule has 4 nitrogen and oxygen atoms in total. The Labute approximate surface area is 102 Å². The first-order valence-corrected chi connectivity index (χ1v) is 5.81. The number of nitrogens with zero attached hydrogens (tertiary/aromatic N) is 1. The summed E-state index contributed by atoms with van der Waals surface area (Å²) in [4.78, 5) is 16.0. The van der Waals surface area contributed by atoms with Crippen molar-refractivity contribution in [1.82, 2.24) is 4.98 Å². The van der Waals surface area contributed by atoms with Gasteiger partial charge in [-0.1, -0.05) is 0 Å². The van der Waals surface area contributed by atoms with Gasteiger partial charge in [-0.25, -0.2) is 0 Å². The molecule has 1 aromatic rings. The Balaban J connectivity index is 2.81. The average molecular weight is 236 g/mol. The lowest BCUT2D eigenvalue weighted by atomic mass is 10.0. The Kier molecular flexibility index (Phi) is 5.10. The highest BCUT2D eigenvalue weighted by Crippen LogP contribution is 2.24. The Morgan fingerprint density at radius 2 is 2.18 bits per heavy atom. The number of hydrogen-bond acceptors (Lipinski definition) is 4. The number of methoxy groups -OCH3 is 1. The zero-order valence-electron chi connectivity index (χ0n) is 10.7. The minimum absolute atomic E-state index is 0.178. The highest BCUT2D eigenvalue weighted by Gasteiger charge is 2.12. The number of Topliss-reactive ketones (excluding diaryl/α,β-unsaturated/α-hetero) is 1. The fraction of sp³-hybridized carbons (Fsp3) is 0.538. The zero-order valence-corrected chi connectivity index (χ0v) is 10.7. The second-order valence-corrected chi connectivity index (χ2v) is 4.15. The second-order valence-electron chi connectivity index (χ2n) is 4.15. The van der Waals surface area contributed by atoms with Crippen molar-refractivity contribution in [2.75, 3.05) is 13.7 Å². The first-order valence-electron chi connectivity index (χ1n) is 5.81. The molecule has 0 bridgehead atoms. The first-order chi connectivity index (χ1) is 8.10. The average Bonchev–Trinajstić information content (AvgIpc) is 2.31. The van der Waals surface area contributed by atoms with Crippen molar-refractivity contribution in [3.63, 3.8) is 0 Å². The summed E-state index contributed by atoms with van der Waals surface area (Å²) in [6, 6.07) is 0. The maximum atomic E-state index is 11.7. The number of ketones is 1. The fourth-order valence-corrected chi connectivity index (χ4v) is 1.82. The lowest BCUT2D eigenvalue weighted by Gasteiger charge is -2.11. The summed E-state index contributed by atoms with van der Waals surface area (Å²) in [7, 11) is 1.63. The van der Waals surface area contributed by atoms with Crippen LogP contribution in [0, 0.1) is 13.8 Å². The molecule has 1 rings (SSSR count). The molecular weight excluding hydrogens is 216 g/mol. The molecule has 17 heavy (non-hydrogen) atoms. The van der Waals surface area contributed by atoms with Gasteiger partial charge in [0.05, 0.1) is 12.8 Å². The van der Waals surface area contributed by atoms with Gasteiger partial charge in [-0.2, -0.15) is 0 Å². The van der Waals surface area contributed by atoms with Crippen LogP contribution in [0.25, 0.3) is 0 Å². The highest BCUT2D eigenvalue weighted by molar-refractivity contribution is 5.80. The third-order valence-electron chi connectivity index (χ3n) is 2.77. The quantitative estimate of drug-likeness (QED) is 0.814. The zero-order chi connectivity index (χ0) is 12.8. The van der Waals surface area contributed by atoms with E-state index in [1.165, 1.54) is 0 Å². The monoisotopic (exact) mass is 236 g/mol. The minimum Gasteiger partial charge on any atom is -0.496 e. The van der Waals surface area contributed by atoms with Crippen LogP contribution in [0.1, 0.15) is 29.7 Å². The predicted molar refractivity (Wildman–Crippen MR) is 67.3 cm³/mol. The first kappa shape index (κ1) is 13.6. The maximum absolute atomic E-state index is 11.7. The van der Waals surface area contributed by atoms with Crippen molar-refractivity contribution in [3.8, 4) is 5.75 Å². The number of aryl methyl sites for hydroxylation is 1. The van der Waals surface area contributed by atoms with Crippen molar-refractivity contribution >= 4 is 5.78 Å². The van der Waals surface area contributed by atoms with Gasteiger partial charge in [0.15, 0.2) is 0 Å². The van der Waals surface area contributed by atoms with Gasteiger partial charge in [-0.05, 0) is 26.8 Å². The van der Waals surface area contributed by atoms with Crippen LogP contribution in [0.2, 0.25) is 0 Å². The van der Waals surface area contributed by atoms with Gasteiger partial charge >= 0.3 is 0 Å². The van der Waals surface area contributed by atoms with E-state index in [9.17, 15) is 4.79 Å². The van der Waals surface area contributed by atoms with E-state index in [0.29, 0.717) is 19.4 Å². The number of pyridine rings is 1. The molecule has 1 heterocycles. The van der Waals surface area contributed by atoms with Crippen molar-refractivity contribution in [1.29, 1.82) is 0 Å². The number of rotatable bonds is 6. The van der Waals surface area contributed by atoms with Crippen molar-refractivity contribution in [2.45, 2.75) is 33.1 Å². The van der Waals surface area contributed by atoms with E-state index in [-0.39, 0.29) is 5.78 Å². The number of carbonyl (C=O) groups is 1. The number of nitrogens with two attached hydrogens (primary N) is 1. The molecule has 0 aliphatic heterocycles. The number of ether oxygens (including phenoxy) is 1. The molecule has 0 amide bonds. The Hall–Kier alpha value is -1.42. The van der Waals surface area contributed by atoms with E-state index in [1.54, 1.807) is 13.3 Å². The standard InChI is InChI=1S/C13H20N2O2/c1-9-8-15-12(10(2)13(9)17-3)7-11(16)5-4-6-14/h8H,4-7,14H2,1-3H3. The van der Waals surface area contributed by atoms with Crippen LogP contribution < -0.4 is 10.5 Å². The van der Waals surface area contributed by atoms with Gasteiger partial charge in [0.1, 0.15) is 11.5 Å². The van der Waals surface area contributed by atoms with Gasteiger partial charge < -0.3 is 10.5 Å². The second kappa shape index (κ2) is 6.35. The van der Waals surface area contributed by atoms with Gasteiger partial charge in [-0.15, -0.1) is 0 Å². The molecule has 0 radical (unpaired) electrons. The number of aromatic nitrogens is 1. The van der Waals surface area contributed by atoms with Gasteiger partial charge in [0.2, 0.25) is 0 Å². The van der Waals surface area contributed by atoms with Gasteiger partial charge in [0.25, 0.3) is 0 Å². The molecule has 2 N–H and O–H groups in total. The van der Waals surface area contributed by atoms with Crippen LogP contribution in [-0.2, 0) is 11.2 Å². The Bertz CT molecular complexity index is 403. The molecule has 1 aromatic heterocycles. The third kappa shape index (κ3) is 3.53. The summed E-state index contributed by atoms with van der Waals surface area (Å²) >= 11 is 0. The molecule has 0 aliphatic carbocycles. The predicted octanol–water partition coefficient (Wildman–Crippen LogP) is 1.56. The van der Waals surface area contributed by atoms with Crippen LogP contribution in [0.4, 0.5) is 0 Å². The number of hydrogen-bond donors (Lipinski definition) is 1. The topological polar surface area (TPSA) is 65.2 Å². The molecule has 0 aromatic carbocycles. The van der Waals surface area contributed by atoms with E-state index >= 15 is 0 Å². The number of carbonyl (C=O) groups excluding carboxylic acids is 1. The summed E-state index contributed by atoms with van der Waals surface area (Å²) in [6.45, 7) is 4.43. The Morgan fingerprint density at radius 1 is 1.47 bits per heavy atom. The molecule has 0 saturated carbocycles. The van der Waals surface area contributed by atoms with Crippen LogP contribution in [0.3, 0.4) is 0 Å². The lowest BCUT2D eigenvalue weighted by molar-refractivity contribution is -0.118. The highest BCUT2D eigenvalue weighted by atomic mass is 16.5. The van der Waals surface area contributed by atoms with Crippen molar-refractivity contribution < 1.29 is 9.53 Å². The van der Waals surface area contributed by atoms with E-state index in [0.717, 1.165) is 29.0 Å². The largest absolute Gasteiger partial charge is 0.496 e.